The van der Waals surface area contributed by atoms with Crippen LogP contribution in [0.2, 0.25) is 0 Å². The van der Waals surface area contributed by atoms with Crippen LogP contribution >= 0.6 is 0 Å². The maximum Gasteiger partial charge on any atom is 0.254 e. The summed E-state index contributed by atoms with van der Waals surface area (Å²) in [6, 6.07) is 1.75. The van der Waals surface area contributed by atoms with E-state index in [2.05, 4.69) is 5.32 Å². The lowest BCUT2D eigenvalue weighted by atomic mass is 10.2. The van der Waals surface area contributed by atoms with Gasteiger partial charge in [0.1, 0.15) is 11.5 Å². The molecule has 1 amide bonds. The molecule has 1 heterocycles. The Labute approximate surface area is 95.7 Å². The lowest BCUT2D eigenvalue weighted by Gasteiger charge is -2.03. The van der Waals surface area contributed by atoms with Crippen LogP contribution in [-0.4, -0.2) is 24.2 Å². The van der Waals surface area contributed by atoms with E-state index < -0.39 is 0 Å². The van der Waals surface area contributed by atoms with Crippen molar-refractivity contribution in [2.75, 3.05) is 13.2 Å². The van der Waals surface area contributed by atoms with Crippen LogP contribution < -0.4 is 5.32 Å². The Morgan fingerprint density at radius 1 is 1.38 bits per heavy atom. The van der Waals surface area contributed by atoms with Crippen LogP contribution in [0.5, 0.6) is 0 Å². The van der Waals surface area contributed by atoms with Crippen molar-refractivity contribution >= 4 is 5.91 Å². The summed E-state index contributed by atoms with van der Waals surface area (Å²) in [6.07, 6.45) is 2.61. The van der Waals surface area contributed by atoms with E-state index in [1.54, 1.807) is 13.0 Å². The molecular formula is C12H19NO3. The molecule has 4 heteroatoms. The minimum atomic E-state index is -0.0849. The number of aliphatic hydroxyl groups excluding tert-OH is 1. The first-order valence-electron chi connectivity index (χ1n) is 5.61. The zero-order valence-electron chi connectivity index (χ0n) is 9.88. The summed E-state index contributed by atoms with van der Waals surface area (Å²) < 4.78 is 5.29. The number of amides is 1. The third-order valence-electron chi connectivity index (χ3n) is 2.41. The molecule has 1 aromatic rings. The standard InChI is InChI=1S/C12H19NO3/c1-9-8-11(10(2)16-9)12(15)13-6-4-3-5-7-14/h8,14H,3-7H2,1-2H3,(H,13,15). The number of aliphatic hydroxyl groups is 1. The summed E-state index contributed by atoms with van der Waals surface area (Å²) in [7, 11) is 0. The number of rotatable bonds is 6. The fourth-order valence-electron chi connectivity index (χ4n) is 1.57. The average molecular weight is 225 g/mol. The minimum absolute atomic E-state index is 0.0849. The molecule has 0 spiro atoms. The Morgan fingerprint density at radius 2 is 2.12 bits per heavy atom. The summed E-state index contributed by atoms with van der Waals surface area (Å²) in [5.41, 5.74) is 0.611. The predicted molar refractivity (Wildman–Crippen MR) is 61.5 cm³/mol. The van der Waals surface area contributed by atoms with Gasteiger partial charge in [0.2, 0.25) is 0 Å². The molecule has 1 aromatic heterocycles. The van der Waals surface area contributed by atoms with Gasteiger partial charge in [-0.05, 0) is 39.2 Å². The normalized spacial score (nSPS) is 10.4. The van der Waals surface area contributed by atoms with E-state index in [0.29, 0.717) is 17.9 Å². The molecule has 16 heavy (non-hydrogen) atoms. The number of carbonyl (C=O) groups is 1. The molecule has 0 radical (unpaired) electrons. The highest BCUT2D eigenvalue weighted by Gasteiger charge is 2.12. The fourth-order valence-corrected chi connectivity index (χ4v) is 1.57. The van der Waals surface area contributed by atoms with Gasteiger partial charge in [0, 0.05) is 13.2 Å². The zero-order valence-corrected chi connectivity index (χ0v) is 9.88. The molecule has 2 N–H and O–H groups in total. The number of furan rings is 1. The van der Waals surface area contributed by atoms with Crippen molar-refractivity contribution in [1.29, 1.82) is 0 Å². The Balaban J connectivity index is 2.33. The van der Waals surface area contributed by atoms with Gasteiger partial charge in [-0.1, -0.05) is 0 Å². The molecule has 0 aliphatic heterocycles. The minimum Gasteiger partial charge on any atom is -0.466 e. The van der Waals surface area contributed by atoms with Crippen molar-refractivity contribution in [1.82, 2.24) is 5.32 Å². The molecular weight excluding hydrogens is 206 g/mol. The van der Waals surface area contributed by atoms with E-state index in [9.17, 15) is 4.79 Å². The Hall–Kier alpha value is -1.29. The summed E-state index contributed by atoms with van der Waals surface area (Å²) in [5, 5.41) is 11.4. The monoisotopic (exact) mass is 225 g/mol. The molecule has 1 rings (SSSR count). The second-order valence-electron chi connectivity index (χ2n) is 3.87. The van der Waals surface area contributed by atoms with Gasteiger partial charge in [-0.15, -0.1) is 0 Å². The summed E-state index contributed by atoms with van der Waals surface area (Å²) >= 11 is 0. The third-order valence-corrected chi connectivity index (χ3v) is 2.41. The lowest BCUT2D eigenvalue weighted by molar-refractivity contribution is 0.0951. The molecule has 0 saturated carbocycles. The van der Waals surface area contributed by atoms with Crippen LogP contribution in [0.15, 0.2) is 10.5 Å². The van der Waals surface area contributed by atoms with Gasteiger partial charge in [0.15, 0.2) is 0 Å². The van der Waals surface area contributed by atoms with Crippen molar-refractivity contribution in [2.45, 2.75) is 33.1 Å². The second kappa shape index (κ2) is 6.33. The van der Waals surface area contributed by atoms with E-state index in [-0.39, 0.29) is 12.5 Å². The molecule has 0 aliphatic carbocycles. The van der Waals surface area contributed by atoms with Crippen LogP contribution in [0.4, 0.5) is 0 Å². The number of unbranched alkanes of at least 4 members (excludes halogenated alkanes) is 2. The molecule has 0 aliphatic rings. The molecule has 4 nitrogen and oxygen atoms in total. The molecule has 0 aromatic carbocycles. The first-order chi connectivity index (χ1) is 7.65. The van der Waals surface area contributed by atoms with E-state index in [1.165, 1.54) is 0 Å². The van der Waals surface area contributed by atoms with Crippen LogP contribution in [0.1, 0.15) is 41.1 Å². The number of carbonyl (C=O) groups excluding carboxylic acids is 1. The Morgan fingerprint density at radius 3 is 2.69 bits per heavy atom. The topological polar surface area (TPSA) is 62.5 Å². The van der Waals surface area contributed by atoms with Gasteiger partial charge >= 0.3 is 0 Å². The Kier molecular flexibility index (Phi) is 5.05. The SMILES string of the molecule is Cc1cc(C(=O)NCCCCCO)c(C)o1. The van der Waals surface area contributed by atoms with E-state index in [4.69, 9.17) is 9.52 Å². The van der Waals surface area contributed by atoms with Crippen LogP contribution in [0, 0.1) is 13.8 Å². The largest absolute Gasteiger partial charge is 0.466 e. The average Bonchev–Trinajstić information content (AvgIpc) is 2.57. The van der Waals surface area contributed by atoms with Gasteiger partial charge in [0.05, 0.1) is 5.56 Å². The first kappa shape index (κ1) is 12.8. The van der Waals surface area contributed by atoms with Crippen LogP contribution in [0.3, 0.4) is 0 Å². The molecule has 0 unspecified atom stereocenters. The highest BCUT2D eigenvalue weighted by atomic mass is 16.3. The number of aryl methyl sites for hydroxylation is 2. The van der Waals surface area contributed by atoms with Crippen molar-refractivity contribution in [3.05, 3.63) is 23.2 Å². The van der Waals surface area contributed by atoms with Crippen molar-refractivity contribution in [3.8, 4) is 0 Å². The van der Waals surface area contributed by atoms with E-state index >= 15 is 0 Å². The number of hydrogen-bond acceptors (Lipinski definition) is 3. The molecule has 0 saturated heterocycles. The van der Waals surface area contributed by atoms with E-state index in [1.807, 2.05) is 6.92 Å². The van der Waals surface area contributed by atoms with Gasteiger partial charge in [-0.3, -0.25) is 4.79 Å². The maximum atomic E-state index is 11.7. The molecule has 0 atom stereocenters. The quantitative estimate of drug-likeness (QED) is 0.725. The first-order valence-corrected chi connectivity index (χ1v) is 5.61. The third kappa shape index (κ3) is 3.70. The molecule has 0 fully saturated rings. The summed E-state index contributed by atoms with van der Waals surface area (Å²) in [5.74, 6) is 1.33. The van der Waals surface area contributed by atoms with Gasteiger partial charge in [-0.25, -0.2) is 0 Å². The maximum absolute atomic E-state index is 11.7. The van der Waals surface area contributed by atoms with Gasteiger partial charge < -0.3 is 14.8 Å². The molecule has 0 bridgehead atoms. The predicted octanol–water partition coefficient (Wildman–Crippen LogP) is 1.79. The number of hydrogen-bond donors (Lipinski definition) is 2. The Bertz CT molecular complexity index is 344. The van der Waals surface area contributed by atoms with Crippen LogP contribution in [0.25, 0.3) is 0 Å². The van der Waals surface area contributed by atoms with Crippen molar-refractivity contribution in [2.24, 2.45) is 0 Å². The van der Waals surface area contributed by atoms with Gasteiger partial charge in [0.25, 0.3) is 5.91 Å². The van der Waals surface area contributed by atoms with Crippen LogP contribution in [-0.2, 0) is 0 Å². The van der Waals surface area contributed by atoms with Gasteiger partial charge in [-0.2, -0.15) is 0 Å². The lowest BCUT2D eigenvalue weighted by Crippen LogP contribution is -2.24. The van der Waals surface area contributed by atoms with Crippen molar-refractivity contribution in [3.63, 3.8) is 0 Å². The fraction of sp³-hybridized carbons (Fsp3) is 0.583. The smallest absolute Gasteiger partial charge is 0.254 e. The number of nitrogens with one attached hydrogen (secondary N) is 1. The highest BCUT2D eigenvalue weighted by Crippen LogP contribution is 2.13. The second-order valence-corrected chi connectivity index (χ2v) is 3.87. The summed E-state index contributed by atoms with van der Waals surface area (Å²) in [6.45, 7) is 4.47. The van der Waals surface area contributed by atoms with Crippen molar-refractivity contribution < 1.29 is 14.3 Å². The summed E-state index contributed by atoms with van der Waals surface area (Å²) in [4.78, 5) is 11.7. The van der Waals surface area contributed by atoms with E-state index in [0.717, 1.165) is 25.0 Å². The highest BCUT2D eigenvalue weighted by molar-refractivity contribution is 5.95. The zero-order chi connectivity index (χ0) is 12.0. The molecule has 90 valence electrons.